The predicted molar refractivity (Wildman–Crippen MR) is 74.0 cm³/mol. The minimum atomic E-state index is -0.468. The monoisotopic (exact) mass is 281 g/mol. The van der Waals surface area contributed by atoms with Crippen LogP contribution in [-0.2, 0) is 6.54 Å². The van der Waals surface area contributed by atoms with Crippen molar-refractivity contribution in [2.45, 2.75) is 31.8 Å². The second-order valence-electron chi connectivity index (χ2n) is 5.04. The summed E-state index contributed by atoms with van der Waals surface area (Å²) in [6.45, 7) is 1.000. The largest absolute Gasteiger partial charge is 0.409 e. The van der Waals surface area contributed by atoms with E-state index in [-0.39, 0.29) is 18.0 Å². The van der Waals surface area contributed by atoms with Crippen molar-refractivity contribution in [1.82, 2.24) is 4.90 Å². The average molecular weight is 281 g/mol. The van der Waals surface area contributed by atoms with Crippen LogP contribution in [0, 0.1) is 5.82 Å². The van der Waals surface area contributed by atoms with Crippen molar-refractivity contribution >= 4 is 5.84 Å². The number of benzene rings is 1. The fourth-order valence-corrected chi connectivity index (χ4v) is 2.44. The molecule has 110 valence electrons. The Labute approximate surface area is 117 Å². The second kappa shape index (κ2) is 6.67. The fourth-order valence-electron chi connectivity index (χ4n) is 2.44. The van der Waals surface area contributed by atoms with Gasteiger partial charge in [-0.2, -0.15) is 0 Å². The van der Waals surface area contributed by atoms with Gasteiger partial charge in [0.1, 0.15) is 5.82 Å². The summed E-state index contributed by atoms with van der Waals surface area (Å²) in [4.78, 5) is 2.08. The molecule has 0 heterocycles. The standard InChI is InChI=1S/C14H20FN3O2/c15-13-10(3-1-6-12(13)14(16)17-20)9-18(7-8-19)11-4-2-5-11/h1,3,6,11,19-20H,2,4-5,7-9H2,(H2,16,17). The quantitative estimate of drug-likeness (QED) is 0.317. The van der Waals surface area contributed by atoms with Crippen molar-refractivity contribution in [3.63, 3.8) is 0 Å². The molecule has 5 nitrogen and oxygen atoms in total. The van der Waals surface area contributed by atoms with E-state index < -0.39 is 5.82 Å². The highest BCUT2D eigenvalue weighted by atomic mass is 19.1. The van der Waals surface area contributed by atoms with E-state index in [9.17, 15) is 4.39 Å². The third-order valence-electron chi connectivity index (χ3n) is 3.81. The predicted octanol–water partition coefficient (Wildman–Crippen LogP) is 1.27. The van der Waals surface area contributed by atoms with Crippen LogP contribution in [0.2, 0.25) is 0 Å². The summed E-state index contributed by atoms with van der Waals surface area (Å²) in [6.07, 6.45) is 3.35. The van der Waals surface area contributed by atoms with Gasteiger partial charge in [-0.1, -0.05) is 23.7 Å². The van der Waals surface area contributed by atoms with E-state index in [1.165, 1.54) is 12.5 Å². The summed E-state index contributed by atoms with van der Waals surface area (Å²) in [6, 6.07) is 5.26. The Hall–Kier alpha value is -1.66. The van der Waals surface area contributed by atoms with Crippen LogP contribution in [0.1, 0.15) is 30.4 Å². The minimum absolute atomic E-state index is 0.0536. The Morgan fingerprint density at radius 2 is 2.20 bits per heavy atom. The SMILES string of the molecule is N/C(=N/O)c1cccc(CN(CCO)C2CCC2)c1F. The van der Waals surface area contributed by atoms with E-state index >= 15 is 0 Å². The van der Waals surface area contributed by atoms with Gasteiger partial charge in [0.2, 0.25) is 0 Å². The lowest BCUT2D eigenvalue weighted by Gasteiger charge is -2.37. The highest BCUT2D eigenvalue weighted by molar-refractivity contribution is 5.97. The molecule has 0 saturated heterocycles. The number of halogens is 1. The Bertz CT molecular complexity index is 489. The van der Waals surface area contributed by atoms with Crippen molar-refractivity contribution in [3.8, 4) is 0 Å². The molecule has 2 rings (SSSR count). The molecule has 0 spiro atoms. The molecule has 0 atom stereocenters. The first-order chi connectivity index (χ1) is 9.67. The lowest BCUT2D eigenvalue weighted by atomic mass is 9.91. The first kappa shape index (κ1) is 14.7. The molecule has 1 aliphatic rings. The van der Waals surface area contributed by atoms with Crippen LogP contribution < -0.4 is 5.73 Å². The number of aliphatic hydroxyl groups is 1. The van der Waals surface area contributed by atoms with Crippen molar-refractivity contribution in [3.05, 3.63) is 35.1 Å². The van der Waals surface area contributed by atoms with Crippen molar-refractivity contribution in [2.75, 3.05) is 13.2 Å². The Morgan fingerprint density at radius 3 is 2.75 bits per heavy atom. The summed E-state index contributed by atoms with van der Waals surface area (Å²) in [5, 5.41) is 20.6. The fraction of sp³-hybridized carbons (Fsp3) is 0.500. The number of amidine groups is 1. The van der Waals surface area contributed by atoms with Crippen LogP contribution in [0.3, 0.4) is 0 Å². The molecule has 0 bridgehead atoms. The lowest BCUT2D eigenvalue weighted by molar-refractivity contribution is 0.0934. The molecule has 1 aromatic rings. The van der Waals surface area contributed by atoms with E-state index in [1.54, 1.807) is 12.1 Å². The molecule has 4 N–H and O–H groups in total. The third kappa shape index (κ3) is 3.08. The topological polar surface area (TPSA) is 82.1 Å². The van der Waals surface area contributed by atoms with Gasteiger partial charge >= 0.3 is 0 Å². The number of nitrogens with zero attached hydrogens (tertiary/aromatic N) is 2. The molecule has 0 amide bonds. The Morgan fingerprint density at radius 1 is 1.45 bits per heavy atom. The summed E-state index contributed by atoms with van der Waals surface area (Å²) < 4.78 is 14.3. The molecule has 0 aliphatic heterocycles. The van der Waals surface area contributed by atoms with Crippen LogP contribution in [0.4, 0.5) is 4.39 Å². The summed E-state index contributed by atoms with van der Waals surface area (Å²) in [5.41, 5.74) is 6.05. The highest BCUT2D eigenvalue weighted by Crippen LogP contribution is 2.26. The normalized spacial score (nSPS) is 16.4. The van der Waals surface area contributed by atoms with E-state index in [0.29, 0.717) is 24.7 Å². The van der Waals surface area contributed by atoms with E-state index in [0.717, 1.165) is 12.8 Å². The van der Waals surface area contributed by atoms with Crippen LogP contribution in [0.25, 0.3) is 0 Å². The lowest BCUT2D eigenvalue weighted by Crippen LogP contribution is -2.41. The van der Waals surface area contributed by atoms with E-state index in [1.807, 2.05) is 0 Å². The van der Waals surface area contributed by atoms with Crippen molar-refractivity contribution < 1.29 is 14.7 Å². The maximum absolute atomic E-state index is 14.3. The average Bonchev–Trinajstić information content (AvgIpc) is 2.38. The molecule has 6 heteroatoms. The van der Waals surface area contributed by atoms with Gasteiger partial charge in [-0.05, 0) is 18.9 Å². The summed E-state index contributed by atoms with van der Waals surface area (Å²) in [7, 11) is 0. The third-order valence-corrected chi connectivity index (χ3v) is 3.81. The maximum atomic E-state index is 14.3. The van der Waals surface area contributed by atoms with Gasteiger partial charge < -0.3 is 16.0 Å². The number of hydrogen-bond donors (Lipinski definition) is 3. The van der Waals surface area contributed by atoms with Gasteiger partial charge in [0.15, 0.2) is 5.84 Å². The summed E-state index contributed by atoms with van der Waals surface area (Å²) >= 11 is 0. The second-order valence-corrected chi connectivity index (χ2v) is 5.04. The molecular weight excluding hydrogens is 261 g/mol. The summed E-state index contributed by atoms with van der Waals surface area (Å²) in [5.74, 6) is -0.702. The molecule has 1 fully saturated rings. The Balaban J connectivity index is 2.19. The number of oxime groups is 1. The van der Waals surface area contributed by atoms with Gasteiger partial charge in [-0.15, -0.1) is 0 Å². The zero-order valence-corrected chi connectivity index (χ0v) is 11.3. The molecule has 1 aliphatic carbocycles. The number of aliphatic hydroxyl groups excluding tert-OH is 1. The van der Waals surface area contributed by atoms with Crippen LogP contribution in [-0.4, -0.2) is 40.2 Å². The number of hydrogen-bond acceptors (Lipinski definition) is 4. The van der Waals surface area contributed by atoms with Crippen molar-refractivity contribution in [2.24, 2.45) is 10.9 Å². The smallest absolute Gasteiger partial charge is 0.173 e. The minimum Gasteiger partial charge on any atom is -0.409 e. The van der Waals surface area contributed by atoms with Gasteiger partial charge in [0.25, 0.3) is 0 Å². The van der Waals surface area contributed by atoms with Gasteiger partial charge in [0.05, 0.1) is 12.2 Å². The molecule has 1 aromatic carbocycles. The van der Waals surface area contributed by atoms with E-state index in [4.69, 9.17) is 16.0 Å². The van der Waals surface area contributed by atoms with Crippen molar-refractivity contribution in [1.29, 1.82) is 0 Å². The van der Waals surface area contributed by atoms with Crippen LogP contribution in [0.5, 0.6) is 0 Å². The zero-order valence-electron chi connectivity index (χ0n) is 11.3. The van der Waals surface area contributed by atoms with Gasteiger partial charge in [0, 0.05) is 24.7 Å². The van der Waals surface area contributed by atoms with E-state index in [2.05, 4.69) is 10.1 Å². The molecule has 0 aromatic heterocycles. The van der Waals surface area contributed by atoms with Gasteiger partial charge in [-0.3, -0.25) is 4.90 Å². The molecule has 1 saturated carbocycles. The van der Waals surface area contributed by atoms with Crippen LogP contribution >= 0.6 is 0 Å². The number of rotatable bonds is 6. The molecule has 0 unspecified atom stereocenters. The molecule has 0 radical (unpaired) electrons. The number of nitrogens with two attached hydrogens (primary N) is 1. The van der Waals surface area contributed by atoms with Gasteiger partial charge in [-0.25, -0.2) is 4.39 Å². The molecule has 20 heavy (non-hydrogen) atoms. The highest BCUT2D eigenvalue weighted by Gasteiger charge is 2.25. The molecular formula is C14H20FN3O2. The zero-order chi connectivity index (χ0) is 14.5. The maximum Gasteiger partial charge on any atom is 0.173 e. The Kier molecular flexibility index (Phi) is 4.92. The first-order valence-corrected chi connectivity index (χ1v) is 6.77. The first-order valence-electron chi connectivity index (χ1n) is 6.77. The van der Waals surface area contributed by atoms with Crippen LogP contribution in [0.15, 0.2) is 23.4 Å².